The van der Waals surface area contributed by atoms with Gasteiger partial charge in [0.2, 0.25) is 5.91 Å². The molecule has 0 aromatic heterocycles. The van der Waals surface area contributed by atoms with Crippen molar-refractivity contribution in [2.45, 2.75) is 19.9 Å². The van der Waals surface area contributed by atoms with E-state index in [0.29, 0.717) is 6.54 Å². The third kappa shape index (κ3) is 1.20. The van der Waals surface area contributed by atoms with Gasteiger partial charge in [0.25, 0.3) is 0 Å². The van der Waals surface area contributed by atoms with E-state index in [-0.39, 0.29) is 11.9 Å². The van der Waals surface area contributed by atoms with Crippen LogP contribution in [0.15, 0.2) is 0 Å². The van der Waals surface area contributed by atoms with Gasteiger partial charge in [-0.1, -0.05) is 0 Å². The Morgan fingerprint density at radius 1 is 1.58 bits per heavy atom. The maximum absolute atomic E-state index is 10.9. The lowest BCUT2D eigenvalue weighted by molar-refractivity contribution is -0.171. The lowest BCUT2D eigenvalue weighted by Crippen LogP contribution is -2.67. The van der Waals surface area contributed by atoms with Gasteiger partial charge in [0, 0.05) is 6.92 Å². The molecule has 0 aromatic carbocycles. The van der Waals surface area contributed by atoms with Crippen molar-refractivity contribution >= 4 is 12.0 Å². The fourth-order valence-corrected chi connectivity index (χ4v) is 1.17. The van der Waals surface area contributed by atoms with E-state index >= 15 is 0 Å². The van der Waals surface area contributed by atoms with Crippen molar-refractivity contribution < 1.29 is 14.4 Å². The predicted octanol–water partition coefficient (Wildman–Crippen LogP) is -0.536. The molecular weight excluding hydrogens is 162 g/mol. The average molecular weight is 173 g/mol. The molecule has 12 heavy (non-hydrogen) atoms. The SMILES string of the molecule is CC(=O)N1CC(C)N1C(=O)ON. The summed E-state index contributed by atoms with van der Waals surface area (Å²) in [4.78, 5) is 25.7. The molecule has 1 heterocycles. The quantitative estimate of drug-likeness (QED) is 0.499. The van der Waals surface area contributed by atoms with Crippen molar-refractivity contribution in [1.82, 2.24) is 10.0 Å². The Morgan fingerprint density at radius 3 is 2.50 bits per heavy atom. The van der Waals surface area contributed by atoms with Crippen LogP contribution in [0.4, 0.5) is 4.79 Å². The summed E-state index contributed by atoms with van der Waals surface area (Å²) in [5.41, 5.74) is 0. The molecule has 1 aliphatic heterocycles. The van der Waals surface area contributed by atoms with Crippen LogP contribution in [0.5, 0.6) is 0 Å². The van der Waals surface area contributed by atoms with Crippen molar-refractivity contribution in [3.8, 4) is 0 Å². The summed E-state index contributed by atoms with van der Waals surface area (Å²) in [6.07, 6.45) is -0.705. The zero-order chi connectivity index (χ0) is 9.30. The van der Waals surface area contributed by atoms with Crippen LogP contribution in [-0.2, 0) is 9.63 Å². The van der Waals surface area contributed by atoms with Gasteiger partial charge < -0.3 is 4.84 Å². The van der Waals surface area contributed by atoms with E-state index in [0.717, 1.165) is 0 Å². The third-order valence-electron chi connectivity index (χ3n) is 1.77. The summed E-state index contributed by atoms with van der Waals surface area (Å²) < 4.78 is 0. The molecule has 2 N–H and O–H groups in total. The first kappa shape index (κ1) is 8.79. The number of rotatable bonds is 0. The third-order valence-corrected chi connectivity index (χ3v) is 1.77. The van der Waals surface area contributed by atoms with Gasteiger partial charge >= 0.3 is 6.09 Å². The largest absolute Gasteiger partial charge is 0.447 e. The monoisotopic (exact) mass is 173 g/mol. The number of carbonyl (C=O) groups excluding carboxylic acids is 2. The Kier molecular flexibility index (Phi) is 2.18. The molecule has 1 rings (SSSR count). The first-order valence-electron chi connectivity index (χ1n) is 3.56. The molecule has 1 unspecified atom stereocenters. The first-order valence-corrected chi connectivity index (χ1v) is 3.56. The lowest BCUT2D eigenvalue weighted by atomic mass is 10.2. The van der Waals surface area contributed by atoms with Gasteiger partial charge in [-0.15, -0.1) is 0 Å². The summed E-state index contributed by atoms with van der Waals surface area (Å²) >= 11 is 0. The minimum Gasteiger partial charge on any atom is -0.355 e. The molecule has 0 aromatic rings. The molecule has 1 saturated heterocycles. The van der Waals surface area contributed by atoms with Gasteiger partial charge in [0.15, 0.2) is 0 Å². The van der Waals surface area contributed by atoms with Gasteiger partial charge in [-0.3, -0.25) is 4.79 Å². The topological polar surface area (TPSA) is 75.9 Å². The maximum atomic E-state index is 10.9. The molecule has 1 fully saturated rings. The Hall–Kier alpha value is -1.30. The summed E-state index contributed by atoms with van der Waals surface area (Å²) in [5.74, 6) is 4.48. The van der Waals surface area contributed by atoms with Crippen LogP contribution in [0.2, 0.25) is 0 Å². The predicted molar refractivity (Wildman–Crippen MR) is 39.4 cm³/mol. The first-order chi connectivity index (χ1) is 5.57. The van der Waals surface area contributed by atoms with E-state index < -0.39 is 6.09 Å². The molecule has 0 radical (unpaired) electrons. The Morgan fingerprint density at radius 2 is 2.17 bits per heavy atom. The molecule has 68 valence electrons. The van der Waals surface area contributed by atoms with Gasteiger partial charge in [-0.2, -0.15) is 5.90 Å². The zero-order valence-corrected chi connectivity index (χ0v) is 6.98. The Bertz CT molecular complexity index is 218. The number of carbonyl (C=O) groups is 2. The standard InChI is InChI=1S/C6H11N3O3/c1-4-3-8(5(2)10)9(4)6(11)12-7/h4H,3,7H2,1-2H3. The number of hydrazine groups is 1. The molecule has 0 saturated carbocycles. The van der Waals surface area contributed by atoms with Crippen LogP contribution in [0, 0.1) is 0 Å². The van der Waals surface area contributed by atoms with Crippen LogP contribution in [0.3, 0.4) is 0 Å². The van der Waals surface area contributed by atoms with E-state index in [9.17, 15) is 9.59 Å². The minimum absolute atomic E-state index is 0.0232. The molecule has 1 atom stereocenters. The number of hydrogen-bond acceptors (Lipinski definition) is 4. The molecule has 0 spiro atoms. The number of amides is 2. The normalized spacial score (nSPS) is 21.8. The van der Waals surface area contributed by atoms with Crippen molar-refractivity contribution in [3.05, 3.63) is 0 Å². The van der Waals surface area contributed by atoms with Crippen LogP contribution in [-0.4, -0.2) is 34.6 Å². The van der Waals surface area contributed by atoms with E-state index in [2.05, 4.69) is 10.7 Å². The van der Waals surface area contributed by atoms with Crippen LogP contribution in [0.25, 0.3) is 0 Å². The van der Waals surface area contributed by atoms with Gasteiger partial charge in [0.1, 0.15) is 0 Å². The van der Waals surface area contributed by atoms with E-state index in [1.54, 1.807) is 6.92 Å². The molecular formula is C6H11N3O3. The fourth-order valence-electron chi connectivity index (χ4n) is 1.17. The molecule has 0 bridgehead atoms. The van der Waals surface area contributed by atoms with Gasteiger partial charge in [0.05, 0.1) is 12.6 Å². The fraction of sp³-hybridized carbons (Fsp3) is 0.667. The summed E-state index contributed by atoms with van der Waals surface area (Å²) in [6, 6.07) is -0.0232. The van der Waals surface area contributed by atoms with Crippen molar-refractivity contribution in [2.24, 2.45) is 5.90 Å². The van der Waals surface area contributed by atoms with E-state index in [1.807, 2.05) is 0 Å². The van der Waals surface area contributed by atoms with Crippen LogP contribution in [0.1, 0.15) is 13.8 Å². The van der Waals surface area contributed by atoms with Gasteiger partial charge in [-0.25, -0.2) is 14.8 Å². The van der Waals surface area contributed by atoms with Gasteiger partial charge in [-0.05, 0) is 6.92 Å². The molecule has 6 nitrogen and oxygen atoms in total. The highest BCUT2D eigenvalue weighted by molar-refractivity contribution is 5.79. The maximum Gasteiger partial charge on any atom is 0.447 e. The van der Waals surface area contributed by atoms with Crippen LogP contribution < -0.4 is 5.90 Å². The molecule has 6 heteroatoms. The highest BCUT2D eigenvalue weighted by atomic mass is 16.7. The highest BCUT2D eigenvalue weighted by Crippen LogP contribution is 2.18. The second-order valence-corrected chi connectivity index (χ2v) is 2.68. The molecule has 1 aliphatic rings. The minimum atomic E-state index is -0.705. The number of nitrogens with zero attached hydrogens (tertiary/aromatic N) is 2. The molecule has 2 amide bonds. The summed E-state index contributed by atoms with van der Waals surface area (Å²) in [7, 11) is 0. The Balaban J connectivity index is 2.61. The zero-order valence-electron chi connectivity index (χ0n) is 6.98. The number of hydrogen-bond donors (Lipinski definition) is 1. The summed E-state index contributed by atoms with van der Waals surface area (Å²) in [6.45, 7) is 3.71. The highest BCUT2D eigenvalue weighted by Gasteiger charge is 2.39. The van der Waals surface area contributed by atoms with Crippen molar-refractivity contribution in [3.63, 3.8) is 0 Å². The molecule has 0 aliphatic carbocycles. The smallest absolute Gasteiger partial charge is 0.355 e. The summed E-state index contributed by atoms with van der Waals surface area (Å²) in [5, 5.41) is 2.46. The van der Waals surface area contributed by atoms with Crippen molar-refractivity contribution in [2.75, 3.05) is 6.54 Å². The second-order valence-electron chi connectivity index (χ2n) is 2.68. The second kappa shape index (κ2) is 2.98. The lowest BCUT2D eigenvalue weighted by Gasteiger charge is -2.47. The van der Waals surface area contributed by atoms with E-state index in [1.165, 1.54) is 16.9 Å². The number of nitrogens with two attached hydrogens (primary N) is 1. The average Bonchev–Trinajstić information content (AvgIpc) is 1.99. The Labute approximate surface area is 69.8 Å². The van der Waals surface area contributed by atoms with Crippen molar-refractivity contribution in [1.29, 1.82) is 0 Å². The van der Waals surface area contributed by atoms with E-state index in [4.69, 9.17) is 0 Å². The van der Waals surface area contributed by atoms with Crippen LogP contribution >= 0.6 is 0 Å².